The molecule has 4 heteroatoms. The Kier molecular flexibility index (Phi) is 2.52. The van der Waals surface area contributed by atoms with Crippen LogP contribution < -0.4 is 9.47 Å². The summed E-state index contributed by atoms with van der Waals surface area (Å²) in [6.45, 7) is 1.86. The molecule has 0 aliphatic rings. The van der Waals surface area contributed by atoms with Crippen LogP contribution in [0.4, 0.5) is 0 Å². The predicted molar refractivity (Wildman–Crippen MR) is 75.3 cm³/mol. The van der Waals surface area contributed by atoms with E-state index in [9.17, 15) is 5.11 Å². The fourth-order valence-electron chi connectivity index (χ4n) is 2.64. The van der Waals surface area contributed by atoms with Crippen molar-refractivity contribution in [2.45, 2.75) is 6.92 Å². The maximum absolute atomic E-state index is 10.4. The number of methoxy groups -OCH3 is 2. The molecule has 0 aliphatic heterocycles. The second-order valence-corrected chi connectivity index (χ2v) is 4.46. The average Bonchev–Trinajstić information content (AvgIpc) is 2.79. The summed E-state index contributed by atoms with van der Waals surface area (Å²) in [5.41, 5.74) is 2.53. The van der Waals surface area contributed by atoms with Gasteiger partial charge in [0.15, 0.2) is 11.5 Å². The first-order chi connectivity index (χ1) is 9.19. The molecule has 0 atom stereocenters. The zero-order chi connectivity index (χ0) is 13.6. The number of hydrogen-bond acceptors (Lipinski definition) is 3. The zero-order valence-corrected chi connectivity index (χ0v) is 11.1. The third-order valence-corrected chi connectivity index (χ3v) is 3.47. The molecule has 0 radical (unpaired) electrons. The topological polar surface area (TPSA) is 54.5 Å². The second kappa shape index (κ2) is 4.09. The van der Waals surface area contributed by atoms with Gasteiger partial charge in [-0.2, -0.15) is 0 Å². The molecule has 2 N–H and O–H groups in total. The van der Waals surface area contributed by atoms with E-state index in [1.54, 1.807) is 14.2 Å². The van der Waals surface area contributed by atoms with Gasteiger partial charge in [-0.15, -0.1) is 0 Å². The third kappa shape index (κ3) is 1.46. The van der Waals surface area contributed by atoms with Gasteiger partial charge in [0.1, 0.15) is 5.75 Å². The van der Waals surface area contributed by atoms with Crippen molar-refractivity contribution < 1.29 is 14.6 Å². The summed E-state index contributed by atoms with van der Waals surface area (Å²) < 4.78 is 10.8. The third-order valence-electron chi connectivity index (χ3n) is 3.47. The Morgan fingerprint density at radius 2 is 1.74 bits per heavy atom. The molecule has 0 unspecified atom stereocenters. The van der Waals surface area contributed by atoms with Crippen LogP contribution in [0.1, 0.15) is 5.56 Å². The largest absolute Gasteiger partial charge is 0.504 e. The molecular weight excluding hydrogens is 242 g/mol. The molecule has 2 aromatic carbocycles. The number of benzene rings is 2. The van der Waals surface area contributed by atoms with E-state index in [4.69, 9.17) is 9.47 Å². The Hall–Kier alpha value is -2.36. The van der Waals surface area contributed by atoms with Crippen molar-refractivity contribution in [3.8, 4) is 17.2 Å². The summed E-state index contributed by atoms with van der Waals surface area (Å²) >= 11 is 0. The smallest absolute Gasteiger partial charge is 0.168 e. The number of phenolic OH excluding ortho intramolecular Hbond substituents is 1. The lowest BCUT2D eigenvalue weighted by Crippen LogP contribution is -1.94. The average molecular weight is 257 g/mol. The lowest BCUT2D eigenvalue weighted by molar-refractivity contribution is 0.364. The molecule has 0 amide bonds. The number of H-pyrrole nitrogens is 1. The Balaban J connectivity index is 2.59. The zero-order valence-electron chi connectivity index (χ0n) is 11.1. The van der Waals surface area contributed by atoms with Crippen LogP contribution in [0.5, 0.6) is 17.2 Å². The Morgan fingerprint density at radius 3 is 2.42 bits per heavy atom. The van der Waals surface area contributed by atoms with Gasteiger partial charge in [-0.3, -0.25) is 0 Å². The minimum absolute atomic E-state index is 0.147. The van der Waals surface area contributed by atoms with Crippen molar-refractivity contribution in [3.05, 3.63) is 29.8 Å². The van der Waals surface area contributed by atoms with Crippen LogP contribution in [0.15, 0.2) is 24.3 Å². The van der Waals surface area contributed by atoms with Gasteiger partial charge < -0.3 is 19.6 Å². The van der Waals surface area contributed by atoms with E-state index in [2.05, 4.69) is 4.98 Å². The van der Waals surface area contributed by atoms with Gasteiger partial charge in [0.2, 0.25) is 0 Å². The summed E-state index contributed by atoms with van der Waals surface area (Å²) in [6.07, 6.45) is 0. The number of nitrogens with one attached hydrogen (secondary N) is 1. The van der Waals surface area contributed by atoms with Crippen LogP contribution in [-0.4, -0.2) is 24.3 Å². The number of aromatic amines is 1. The summed E-state index contributed by atoms with van der Waals surface area (Å²) in [5, 5.41) is 12.1. The Bertz CT molecular complexity index is 774. The summed E-state index contributed by atoms with van der Waals surface area (Å²) in [5.74, 6) is 1.29. The molecule has 0 spiro atoms. The number of fused-ring (bicyclic) bond motifs is 3. The minimum atomic E-state index is 0.147. The van der Waals surface area contributed by atoms with Crippen molar-refractivity contribution >= 4 is 21.8 Å². The van der Waals surface area contributed by atoms with E-state index in [0.29, 0.717) is 11.5 Å². The molecule has 3 rings (SSSR count). The van der Waals surface area contributed by atoms with E-state index in [-0.39, 0.29) is 5.75 Å². The highest BCUT2D eigenvalue weighted by molar-refractivity contribution is 6.13. The maximum atomic E-state index is 10.4. The monoisotopic (exact) mass is 257 g/mol. The molecule has 0 aliphatic carbocycles. The highest BCUT2D eigenvalue weighted by atomic mass is 16.5. The highest BCUT2D eigenvalue weighted by Crippen LogP contribution is 2.47. The highest BCUT2D eigenvalue weighted by Gasteiger charge is 2.21. The van der Waals surface area contributed by atoms with E-state index in [1.165, 1.54) is 0 Å². The SMILES string of the molecule is COc1c(C)c(OC)c2[nH]c3ccccc3c2c1O. The second-order valence-electron chi connectivity index (χ2n) is 4.46. The molecule has 0 saturated carbocycles. The molecule has 0 saturated heterocycles. The number of rotatable bonds is 2. The fourth-order valence-corrected chi connectivity index (χ4v) is 2.64. The summed E-state index contributed by atoms with van der Waals surface area (Å²) in [6, 6.07) is 7.82. The minimum Gasteiger partial charge on any atom is -0.504 e. The van der Waals surface area contributed by atoms with Crippen molar-refractivity contribution in [2.75, 3.05) is 14.2 Å². The number of aromatic nitrogens is 1. The van der Waals surface area contributed by atoms with Crippen LogP contribution in [0.25, 0.3) is 21.8 Å². The first-order valence-electron chi connectivity index (χ1n) is 6.03. The first kappa shape index (κ1) is 11.7. The van der Waals surface area contributed by atoms with Crippen LogP contribution >= 0.6 is 0 Å². The lowest BCUT2D eigenvalue weighted by Gasteiger charge is -2.13. The number of para-hydroxylation sites is 1. The van der Waals surface area contributed by atoms with E-state index < -0.39 is 0 Å². The van der Waals surface area contributed by atoms with Crippen molar-refractivity contribution in [2.24, 2.45) is 0 Å². The van der Waals surface area contributed by atoms with Gasteiger partial charge in [0.05, 0.1) is 25.1 Å². The summed E-state index contributed by atoms with van der Waals surface area (Å²) in [4.78, 5) is 3.29. The molecule has 0 fully saturated rings. The van der Waals surface area contributed by atoms with Gasteiger partial charge in [-0.1, -0.05) is 18.2 Å². The predicted octanol–water partition coefficient (Wildman–Crippen LogP) is 3.35. The molecule has 19 heavy (non-hydrogen) atoms. The van der Waals surface area contributed by atoms with Crippen LogP contribution in [0, 0.1) is 6.92 Å². The van der Waals surface area contributed by atoms with E-state index in [1.807, 2.05) is 31.2 Å². The van der Waals surface area contributed by atoms with E-state index in [0.717, 1.165) is 27.4 Å². The van der Waals surface area contributed by atoms with Crippen molar-refractivity contribution in [3.63, 3.8) is 0 Å². The van der Waals surface area contributed by atoms with Crippen molar-refractivity contribution in [1.82, 2.24) is 4.98 Å². The van der Waals surface area contributed by atoms with Gasteiger partial charge in [-0.25, -0.2) is 0 Å². The number of aromatic hydroxyl groups is 1. The maximum Gasteiger partial charge on any atom is 0.168 e. The number of hydrogen-bond donors (Lipinski definition) is 2. The van der Waals surface area contributed by atoms with Gasteiger partial charge >= 0.3 is 0 Å². The molecular formula is C15H15NO3. The lowest BCUT2D eigenvalue weighted by atomic mass is 10.1. The fraction of sp³-hybridized carbons (Fsp3) is 0.200. The normalized spacial score (nSPS) is 11.1. The van der Waals surface area contributed by atoms with Crippen molar-refractivity contribution in [1.29, 1.82) is 0 Å². The van der Waals surface area contributed by atoms with Gasteiger partial charge in [0, 0.05) is 16.5 Å². The molecule has 1 aromatic heterocycles. The number of phenols is 1. The summed E-state index contributed by atoms with van der Waals surface area (Å²) in [7, 11) is 3.16. The first-order valence-corrected chi connectivity index (χ1v) is 6.03. The standard InChI is InChI=1S/C15H15NO3/c1-8-14(18-2)12-11(13(17)15(8)19-3)9-6-4-5-7-10(9)16-12/h4-7,16-17H,1-3H3. The Labute approximate surface area is 110 Å². The molecule has 4 nitrogen and oxygen atoms in total. The van der Waals surface area contributed by atoms with E-state index >= 15 is 0 Å². The molecule has 1 heterocycles. The van der Waals surface area contributed by atoms with Crippen LogP contribution in [-0.2, 0) is 0 Å². The van der Waals surface area contributed by atoms with Gasteiger partial charge in [0.25, 0.3) is 0 Å². The Morgan fingerprint density at radius 1 is 1.05 bits per heavy atom. The molecule has 3 aromatic rings. The quantitative estimate of drug-likeness (QED) is 0.740. The molecule has 98 valence electrons. The van der Waals surface area contributed by atoms with Crippen LogP contribution in [0.2, 0.25) is 0 Å². The van der Waals surface area contributed by atoms with Crippen LogP contribution in [0.3, 0.4) is 0 Å². The molecule has 0 bridgehead atoms. The van der Waals surface area contributed by atoms with Gasteiger partial charge in [-0.05, 0) is 13.0 Å². The number of ether oxygens (including phenoxy) is 2.